The van der Waals surface area contributed by atoms with Crippen molar-refractivity contribution in [2.75, 3.05) is 0 Å². The summed E-state index contributed by atoms with van der Waals surface area (Å²) in [6, 6.07) is 3.05. The molecule has 0 aliphatic carbocycles. The summed E-state index contributed by atoms with van der Waals surface area (Å²) < 4.78 is 13.6. The lowest BCUT2D eigenvalue weighted by molar-refractivity contribution is -0.139. The van der Waals surface area contributed by atoms with Gasteiger partial charge >= 0.3 is 5.97 Å². The lowest BCUT2D eigenvalue weighted by Gasteiger charge is -2.14. The number of aryl methyl sites for hydroxylation is 1. The topological polar surface area (TPSA) is 92.9 Å². The van der Waals surface area contributed by atoms with Crippen molar-refractivity contribution in [1.29, 1.82) is 0 Å². The van der Waals surface area contributed by atoms with E-state index in [2.05, 4.69) is 20.7 Å². The molecule has 0 saturated heterocycles. The van der Waals surface area contributed by atoms with Gasteiger partial charge in [-0.1, -0.05) is 11.6 Å². The molecule has 0 aliphatic heterocycles. The second kappa shape index (κ2) is 6.59. The summed E-state index contributed by atoms with van der Waals surface area (Å²) in [5, 5.41) is 23.6. The van der Waals surface area contributed by atoms with E-state index < -0.39 is 17.8 Å². The second-order valence-corrected chi connectivity index (χ2v) is 4.84. The predicted molar refractivity (Wildman–Crippen MR) is 72.2 cm³/mol. The first-order valence-corrected chi connectivity index (χ1v) is 6.46. The zero-order chi connectivity index (χ0) is 15.4. The Labute approximate surface area is 124 Å². The van der Waals surface area contributed by atoms with Crippen LogP contribution in [-0.4, -0.2) is 37.3 Å². The molecule has 1 aromatic carbocycles. The Kier molecular flexibility index (Phi) is 4.81. The maximum Gasteiger partial charge on any atom is 0.321 e. The summed E-state index contributed by atoms with van der Waals surface area (Å²) in [4.78, 5) is 12.5. The molecule has 0 spiro atoms. The Hall–Kier alpha value is -2.06. The number of hydrogen-bond donors (Lipinski definition) is 2. The highest BCUT2D eigenvalue weighted by molar-refractivity contribution is 6.30. The van der Waals surface area contributed by atoms with Crippen LogP contribution in [0.15, 0.2) is 18.2 Å². The minimum atomic E-state index is -1.10. The first-order chi connectivity index (χ1) is 9.95. The van der Waals surface area contributed by atoms with Gasteiger partial charge in [0.05, 0.1) is 13.6 Å². The molecule has 0 saturated carbocycles. The number of aliphatic carboxylic acids is 1. The maximum atomic E-state index is 13.6. The normalized spacial score (nSPS) is 12.3. The van der Waals surface area contributed by atoms with Crippen LogP contribution in [-0.2, 0) is 24.8 Å². The van der Waals surface area contributed by atoms with E-state index in [0.717, 1.165) is 0 Å². The molecular weight excluding hydrogens is 301 g/mol. The Morgan fingerprint density at radius 3 is 2.95 bits per heavy atom. The fourth-order valence-corrected chi connectivity index (χ4v) is 1.97. The van der Waals surface area contributed by atoms with Crippen LogP contribution in [0, 0.1) is 5.82 Å². The average Bonchev–Trinajstić information content (AvgIpc) is 2.83. The molecule has 0 fully saturated rings. The summed E-state index contributed by atoms with van der Waals surface area (Å²) in [7, 11) is 1.60. The number of hydrogen-bond acceptors (Lipinski definition) is 5. The summed E-state index contributed by atoms with van der Waals surface area (Å²) in [5.41, 5.74) is 0.231. The highest BCUT2D eigenvalue weighted by Crippen LogP contribution is 2.16. The molecule has 1 aromatic heterocycles. The van der Waals surface area contributed by atoms with Gasteiger partial charge in [0.2, 0.25) is 0 Å². The minimum absolute atomic E-state index is 0.0397. The van der Waals surface area contributed by atoms with Crippen molar-refractivity contribution in [3.05, 3.63) is 40.4 Å². The van der Waals surface area contributed by atoms with Crippen molar-refractivity contribution >= 4 is 17.6 Å². The highest BCUT2D eigenvalue weighted by Gasteiger charge is 2.20. The second-order valence-electron chi connectivity index (χ2n) is 4.41. The maximum absolute atomic E-state index is 13.6. The van der Waals surface area contributed by atoms with E-state index in [4.69, 9.17) is 11.6 Å². The summed E-state index contributed by atoms with van der Waals surface area (Å²) in [6.07, 6.45) is -0.0397. The Balaban J connectivity index is 2.05. The van der Waals surface area contributed by atoms with Crippen molar-refractivity contribution in [3.63, 3.8) is 0 Å². The van der Waals surface area contributed by atoms with Gasteiger partial charge in [0, 0.05) is 11.4 Å². The summed E-state index contributed by atoms with van der Waals surface area (Å²) in [5.74, 6) is -1.24. The van der Waals surface area contributed by atoms with Crippen molar-refractivity contribution in [2.24, 2.45) is 7.05 Å². The molecule has 112 valence electrons. The lowest BCUT2D eigenvalue weighted by atomic mass is 10.1. The molecule has 7 nitrogen and oxygen atoms in total. The van der Waals surface area contributed by atoms with Gasteiger partial charge in [-0.25, -0.2) is 4.39 Å². The number of nitrogens with zero attached hydrogens (tertiary/aromatic N) is 4. The first-order valence-electron chi connectivity index (χ1n) is 6.08. The third-order valence-corrected chi connectivity index (χ3v) is 3.02. The number of carboxylic acids is 1. The van der Waals surface area contributed by atoms with Crippen molar-refractivity contribution in [1.82, 2.24) is 25.5 Å². The average molecular weight is 314 g/mol. The molecule has 2 aromatic rings. The monoisotopic (exact) mass is 313 g/mol. The van der Waals surface area contributed by atoms with Gasteiger partial charge in [-0.2, -0.15) is 4.80 Å². The van der Waals surface area contributed by atoms with Crippen molar-refractivity contribution in [2.45, 2.75) is 19.0 Å². The Morgan fingerprint density at radius 1 is 1.57 bits per heavy atom. The van der Waals surface area contributed by atoms with Gasteiger partial charge in [0.15, 0.2) is 5.82 Å². The van der Waals surface area contributed by atoms with Crippen molar-refractivity contribution in [3.8, 4) is 0 Å². The molecular formula is C12H13ClFN5O2. The number of tetrazole rings is 1. The van der Waals surface area contributed by atoms with E-state index in [-0.39, 0.29) is 18.5 Å². The number of rotatable bonds is 6. The molecule has 2 rings (SSSR count). The molecule has 9 heteroatoms. The van der Waals surface area contributed by atoms with Crippen LogP contribution in [0.1, 0.15) is 11.4 Å². The SMILES string of the molecule is Cn1nnc(CN[C@H](Cc2cc(Cl)ccc2F)C(=O)O)n1. The minimum Gasteiger partial charge on any atom is -0.480 e. The van der Waals surface area contributed by atoms with E-state index >= 15 is 0 Å². The van der Waals surface area contributed by atoms with Gasteiger partial charge in [0.1, 0.15) is 11.9 Å². The van der Waals surface area contributed by atoms with Crippen LogP contribution >= 0.6 is 11.6 Å². The van der Waals surface area contributed by atoms with E-state index in [1.807, 2.05) is 0 Å². The van der Waals surface area contributed by atoms with E-state index in [0.29, 0.717) is 10.8 Å². The number of nitrogens with one attached hydrogen (secondary N) is 1. The molecule has 0 bridgehead atoms. The van der Waals surface area contributed by atoms with Crippen LogP contribution in [0.2, 0.25) is 5.02 Å². The highest BCUT2D eigenvalue weighted by atomic mass is 35.5. The smallest absolute Gasteiger partial charge is 0.321 e. The third-order valence-electron chi connectivity index (χ3n) is 2.79. The van der Waals surface area contributed by atoms with Crippen LogP contribution in [0.3, 0.4) is 0 Å². The predicted octanol–water partition coefficient (Wildman–Crippen LogP) is 0.788. The Bertz CT molecular complexity index is 648. The largest absolute Gasteiger partial charge is 0.480 e. The van der Waals surface area contributed by atoms with Gasteiger partial charge in [-0.3, -0.25) is 10.1 Å². The number of carbonyl (C=O) groups is 1. The molecule has 0 unspecified atom stereocenters. The van der Waals surface area contributed by atoms with Gasteiger partial charge in [-0.05, 0) is 29.0 Å². The van der Waals surface area contributed by atoms with Gasteiger partial charge < -0.3 is 5.11 Å². The van der Waals surface area contributed by atoms with Gasteiger partial charge in [0.25, 0.3) is 0 Å². The van der Waals surface area contributed by atoms with E-state index in [1.54, 1.807) is 7.05 Å². The molecule has 21 heavy (non-hydrogen) atoms. The number of benzene rings is 1. The molecule has 0 amide bonds. The van der Waals surface area contributed by atoms with E-state index in [1.165, 1.54) is 23.0 Å². The fourth-order valence-electron chi connectivity index (χ4n) is 1.78. The zero-order valence-corrected chi connectivity index (χ0v) is 11.9. The lowest BCUT2D eigenvalue weighted by Crippen LogP contribution is -2.38. The summed E-state index contributed by atoms with van der Waals surface area (Å²) in [6.45, 7) is 0.118. The van der Waals surface area contributed by atoms with Crippen LogP contribution in [0.25, 0.3) is 0 Å². The fraction of sp³-hybridized carbons (Fsp3) is 0.333. The standard InChI is InChI=1S/C12H13ClFN5O2/c1-19-17-11(16-18-19)6-15-10(12(20)21)5-7-4-8(13)2-3-9(7)14/h2-4,10,15H,5-6H2,1H3,(H,20,21)/t10-/m1/s1. The van der Waals surface area contributed by atoms with E-state index in [9.17, 15) is 14.3 Å². The number of halogens is 2. The zero-order valence-electron chi connectivity index (χ0n) is 11.1. The quantitative estimate of drug-likeness (QED) is 0.819. The number of carboxylic acid groups (broad SMARTS) is 1. The Morgan fingerprint density at radius 2 is 2.33 bits per heavy atom. The van der Waals surface area contributed by atoms with Gasteiger partial charge in [-0.15, -0.1) is 10.2 Å². The molecule has 0 radical (unpaired) electrons. The summed E-state index contributed by atoms with van der Waals surface area (Å²) >= 11 is 5.79. The molecule has 1 atom stereocenters. The van der Waals surface area contributed by atoms with Crippen LogP contribution in [0.5, 0.6) is 0 Å². The third kappa shape index (κ3) is 4.20. The van der Waals surface area contributed by atoms with Crippen molar-refractivity contribution < 1.29 is 14.3 Å². The molecule has 0 aliphatic rings. The molecule has 1 heterocycles. The van der Waals surface area contributed by atoms with Crippen LogP contribution in [0.4, 0.5) is 4.39 Å². The van der Waals surface area contributed by atoms with Crippen LogP contribution < -0.4 is 5.32 Å². The number of aromatic nitrogens is 4. The molecule has 2 N–H and O–H groups in total. The first kappa shape index (κ1) is 15.3.